The summed E-state index contributed by atoms with van der Waals surface area (Å²) in [5, 5.41) is 0. The van der Waals surface area contributed by atoms with E-state index in [9.17, 15) is 0 Å². The predicted molar refractivity (Wildman–Crippen MR) is 69.9 cm³/mol. The summed E-state index contributed by atoms with van der Waals surface area (Å²) in [6.45, 7) is 3.00. The lowest BCUT2D eigenvalue weighted by Crippen LogP contribution is -2.05. The number of hydrogen-bond acceptors (Lipinski definition) is 3. The van der Waals surface area contributed by atoms with Crippen LogP contribution < -0.4 is 5.73 Å². The van der Waals surface area contributed by atoms with E-state index in [1.807, 2.05) is 11.8 Å². The van der Waals surface area contributed by atoms with Crippen molar-refractivity contribution in [1.82, 2.24) is 0 Å². The first-order valence-corrected chi connectivity index (χ1v) is 6.85. The van der Waals surface area contributed by atoms with Gasteiger partial charge >= 0.3 is 0 Å². The van der Waals surface area contributed by atoms with Crippen LogP contribution in [0.25, 0.3) is 0 Å². The molecule has 88 valence electrons. The van der Waals surface area contributed by atoms with Crippen LogP contribution in [-0.4, -0.2) is 18.5 Å². The third kappa shape index (κ3) is 2.92. The normalized spacial score (nSPS) is 20.2. The number of anilines is 1. The van der Waals surface area contributed by atoms with E-state index in [1.165, 1.54) is 23.3 Å². The Kier molecular flexibility index (Phi) is 4.13. The summed E-state index contributed by atoms with van der Waals surface area (Å²) in [6.07, 6.45) is 4.07. The maximum atomic E-state index is 6.02. The molecular formula is C13H19NOS. The molecule has 1 atom stereocenters. The first kappa shape index (κ1) is 11.8. The molecule has 0 amide bonds. The minimum atomic E-state index is 0.485. The highest BCUT2D eigenvalue weighted by Crippen LogP contribution is 2.29. The average Bonchev–Trinajstić information content (AvgIpc) is 2.77. The lowest BCUT2D eigenvalue weighted by atomic mass is 10.2. The van der Waals surface area contributed by atoms with Crippen LogP contribution in [0.2, 0.25) is 0 Å². The third-order valence-electron chi connectivity index (χ3n) is 3.01. The Hall–Kier alpha value is -0.670. The molecular weight excluding hydrogens is 218 g/mol. The molecule has 1 fully saturated rings. The maximum Gasteiger partial charge on any atom is 0.0584 e. The first-order chi connectivity index (χ1) is 7.77. The molecule has 0 spiro atoms. The second-order valence-electron chi connectivity index (χ2n) is 4.26. The van der Waals surface area contributed by atoms with E-state index in [-0.39, 0.29) is 0 Å². The zero-order valence-corrected chi connectivity index (χ0v) is 10.6. The summed E-state index contributed by atoms with van der Waals surface area (Å²) in [5.41, 5.74) is 8.12. The van der Waals surface area contributed by atoms with Gasteiger partial charge in [0.05, 0.1) is 6.10 Å². The Labute approximate surface area is 102 Å². The van der Waals surface area contributed by atoms with Crippen LogP contribution in [0.15, 0.2) is 23.1 Å². The smallest absolute Gasteiger partial charge is 0.0584 e. The fraction of sp³-hybridized carbons (Fsp3) is 0.538. The van der Waals surface area contributed by atoms with E-state index < -0.39 is 0 Å². The Morgan fingerprint density at radius 1 is 1.50 bits per heavy atom. The topological polar surface area (TPSA) is 35.2 Å². The van der Waals surface area contributed by atoms with Gasteiger partial charge in [0.25, 0.3) is 0 Å². The maximum absolute atomic E-state index is 6.02. The van der Waals surface area contributed by atoms with Gasteiger partial charge in [0, 0.05) is 22.9 Å². The average molecular weight is 237 g/mol. The molecule has 16 heavy (non-hydrogen) atoms. The molecule has 1 aliphatic heterocycles. The second kappa shape index (κ2) is 5.60. The Bertz CT molecular complexity index is 348. The molecule has 0 aliphatic carbocycles. The van der Waals surface area contributed by atoms with E-state index in [0.717, 1.165) is 24.5 Å². The van der Waals surface area contributed by atoms with Crippen molar-refractivity contribution >= 4 is 17.4 Å². The summed E-state index contributed by atoms with van der Waals surface area (Å²) in [5.74, 6) is 1.10. The summed E-state index contributed by atoms with van der Waals surface area (Å²) in [4.78, 5) is 1.21. The molecule has 2 N–H and O–H groups in total. The summed E-state index contributed by atoms with van der Waals surface area (Å²) < 4.78 is 5.60. The molecule has 1 aliphatic rings. The molecule has 0 bridgehead atoms. The fourth-order valence-electron chi connectivity index (χ4n) is 1.95. The number of aryl methyl sites for hydroxylation is 1. The van der Waals surface area contributed by atoms with Gasteiger partial charge in [-0.15, -0.1) is 11.8 Å². The number of benzene rings is 1. The minimum Gasteiger partial charge on any atom is -0.398 e. The van der Waals surface area contributed by atoms with Gasteiger partial charge in [-0.1, -0.05) is 12.1 Å². The number of thioether (sulfide) groups is 1. The lowest BCUT2D eigenvalue weighted by Gasteiger charge is -2.10. The van der Waals surface area contributed by atoms with Crippen molar-refractivity contribution in [2.24, 2.45) is 0 Å². The highest BCUT2D eigenvalue weighted by Gasteiger charge is 2.15. The van der Waals surface area contributed by atoms with E-state index >= 15 is 0 Å². The van der Waals surface area contributed by atoms with Gasteiger partial charge in [-0.25, -0.2) is 0 Å². The number of nitrogens with two attached hydrogens (primary N) is 1. The zero-order valence-electron chi connectivity index (χ0n) is 9.74. The van der Waals surface area contributed by atoms with Gasteiger partial charge in [0.2, 0.25) is 0 Å². The second-order valence-corrected chi connectivity index (χ2v) is 5.40. The van der Waals surface area contributed by atoms with Gasteiger partial charge in [0.1, 0.15) is 0 Å². The largest absolute Gasteiger partial charge is 0.398 e. The fourth-order valence-corrected chi connectivity index (χ4v) is 3.04. The van der Waals surface area contributed by atoms with Crippen molar-refractivity contribution in [3.8, 4) is 0 Å². The Morgan fingerprint density at radius 2 is 2.38 bits per heavy atom. The van der Waals surface area contributed by atoms with Crippen LogP contribution in [0.3, 0.4) is 0 Å². The molecule has 1 heterocycles. The summed E-state index contributed by atoms with van der Waals surface area (Å²) in [7, 11) is 0. The molecule has 1 unspecified atom stereocenters. The standard InChI is InChI=1S/C13H19NOS/c1-10-4-2-6-12(13(10)14)16-9-7-11-5-3-8-15-11/h2,4,6,11H,3,5,7-9,14H2,1H3. The molecule has 0 aromatic heterocycles. The van der Waals surface area contributed by atoms with Crippen LogP contribution in [0, 0.1) is 6.92 Å². The van der Waals surface area contributed by atoms with Crippen molar-refractivity contribution in [2.75, 3.05) is 18.1 Å². The zero-order chi connectivity index (χ0) is 11.4. The van der Waals surface area contributed by atoms with E-state index in [4.69, 9.17) is 10.5 Å². The van der Waals surface area contributed by atoms with Gasteiger partial charge in [-0.05, 0) is 37.8 Å². The molecule has 3 heteroatoms. The van der Waals surface area contributed by atoms with Crippen molar-refractivity contribution in [2.45, 2.75) is 37.2 Å². The first-order valence-electron chi connectivity index (χ1n) is 5.87. The van der Waals surface area contributed by atoms with Crippen LogP contribution in [0.5, 0.6) is 0 Å². The van der Waals surface area contributed by atoms with Gasteiger partial charge < -0.3 is 10.5 Å². The predicted octanol–water partition coefficient (Wildman–Crippen LogP) is 3.24. The number of rotatable bonds is 4. The molecule has 2 rings (SSSR count). The highest BCUT2D eigenvalue weighted by molar-refractivity contribution is 7.99. The van der Waals surface area contributed by atoms with Crippen molar-refractivity contribution < 1.29 is 4.74 Å². The molecule has 2 nitrogen and oxygen atoms in total. The number of ether oxygens (including phenoxy) is 1. The molecule has 1 aromatic rings. The van der Waals surface area contributed by atoms with E-state index in [1.54, 1.807) is 0 Å². The van der Waals surface area contributed by atoms with Gasteiger partial charge in [-0.3, -0.25) is 0 Å². The van der Waals surface area contributed by atoms with Gasteiger partial charge in [0.15, 0.2) is 0 Å². The van der Waals surface area contributed by atoms with E-state index in [0.29, 0.717) is 6.10 Å². The summed E-state index contributed by atoms with van der Waals surface area (Å²) >= 11 is 1.84. The van der Waals surface area contributed by atoms with Crippen LogP contribution in [0.1, 0.15) is 24.8 Å². The Balaban J connectivity index is 1.82. The van der Waals surface area contributed by atoms with Crippen molar-refractivity contribution in [1.29, 1.82) is 0 Å². The van der Waals surface area contributed by atoms with Crippen molar-refractivity contribution in [3.63, 3.8) is 0 Å². The molecule has 0 saturated carbocycles. The molecule has 0 radical (unpaired) electrons. The molecule has 1 saturated heterocycles. The van der Waals surface area contributed by atoms with Crippen LogP contribution >= 0.6 is 11.8 Å². The SMILES string of the molecule is Cc1cccc(SCCC2CCCO2)c1N. The number of hydrogen-bond donors (Lipinski definition) is 1. The Morgan fingerprint density at radius 3 is 3.12 bits per heavy atom. The number of nitrogen functional groups attached to an aromatic ring is 1. The monoisotopic (exact) mass is 237 g/mol. The minimum absolute atomic E-state index is 0.485. The van der Waals surface area contributed by atoms with E-state index in [2.05, 4.69) is 25.1 Å². The quantitative estimate of drug-likeness (QED) is 0.645. The third-order valence-corrected chi connectivity index (χ3v) is 4.11. The highest BCUT2D eigenvalue weighted by atomic mass is 32.2. The van der Waals surface area contributed by atoms with Crippen LogP contribution in [-0.2, 0) is 4.74 Å². The van der Waals surface area contributed by atoms with Crippen molar-refractivity contribution in [3.05, 3.63) is 23.8 Å². The molecule has 1 aromatic carbocycles. The summed E-state index contributed by atoms with van der Waals surface area (Å²) in [6, 6.07) is 6.22. The van der Waals surface area contributed by atoms with Gasteiger partial charge in [-0.2, -0.15) is 0 Å². The lowest BCUT2D eigenvalue weighted by molar-refractivity contribution is 0.109. The van der Waals surface area contributed by atoms with Crippen LogP contribution in [0.4, 0.5) is 5.69 Å². The number of para-hydroxylation sites is 1.